The molecule has 2 aromatic rings. The first-order valence-corrected chi connectivity index (χ1v) is 13.7. The van der Waals surface area contributed by atoms with Crippen LogP contribution in [-0.2, 0) is 10.2 Å². The van der Waals surface area contributed by atoms with Crippen molar-refractivity contribution in [1.82, 2.24) is 29.1 Å². The third-order valence-electron chi connectivity index (χ3n) is 6.08. The van der Waals surface area contributed by atoms with E-state index in [1.54, 1.807) is 20.0 Å². The second kappa shape index (κ2) is 10.3. The first-order chi connectivity index (χ1) is 17.0. The van der Waals surface area contributed by atoms with Gasteiger partial charge in [-0.2, -0.15) is 31.7 Å². The average molecular weight is 540 g/mol. The molecule has 2 aromatic heterocycles. The molecule has 194 valence electrons. The van der Waals surface area contributed by atoms with Gasteiger partial charge in [0.05, 0.1) is 12.2 Å². The number of alkyl halides is 2. The van der Waals surface area contributed by atoms with E-state index in [-0.39, 0.29) is 25.9 Å². The molecule has 0 saturated carbocycles. The van der Waals surface area contributed by atoms with E-state index in [1.165, 1.54) is 23.6 Å². The summed E-state index contributed by atoms with van der Waals surface area (Å²) in [5.74, 6) is 2.91. The number of thiazole rings is 1. The average Bonchev–Trinajstić information content (AvgIpc) is 3.57. The fourth-order valence-electron chi connectivity index (χ4n) is 4.37. The van der Waals surface area contributed by atoms with Gasteiger partial charge in [-0.05, 0) is 19.4 Å². The Morgan fingerprint density at radius 1 is 1.44 bits per heavy atom. The van der Waals surface area contributed by atoms with Crippen LogP contribution >= 0.6 is 11.3 Å². The molecular weight excluding hydrogens is 512 g/mol. The lowest BCUT2D eigenvalue weighted by atomic mass is 9.94. The van der Waals surface area contributed by atoms with Gasteiger partial charge >= 0.3 is 6.55 Å². The molecule has 4 heterocycles. The van der Waals surface area contributed by atoms with E-state index in [9.17, 15) is 22.3 Å². The Morgan fingerprint density at radius 3 is 2.83 bits per heavy atom. The maximum Gasteiger partial charge on any atom is 0.333 e. The molecule has 10 nitrogen and oxygen atoms in total. The molecule has 3 N–H and O–H groups in total. The van der Waals surface area contributed by atoms with Gasteiger partial charge in [-0.15, -0.1) is 17.8 Å². The van der Waals surface area contributed by atoms with Crippen LogP contribution < -0.4 is 9.44 Å². The van der Waals surface area contributed by atoms with E-state index >= 15 is 0 Å². The monoisotopic (exact) mass is 539 g/mol. The van der Waals surface area contributed by atoms with Gasteiger partial charge in [-0.1, -0.05) is 12.8 Å². The zero-order valence-corrected chi connectivity index (χ0v) is 21.4. The molecule has 2 aliphatic rings. The number of nitrogens with zero attached hydrogens (tertiary/aromatic N) is 5. The lowest BCUT2D eigenvalue weighted by Gasteiger charge is -2.27. The number of nitrogens with one attached hydrogen (secondary N) is 2. The molecule has 4 rings (SSSR count). The highest BCUT2D eigenvalue weighted by Crippen LogP contribution is 2.35. The van der Waals surface area contributed by atoms with E-state index in [0.29, 0.717) is 33.2 Å². The number of fused-ring (bicyclic) bond motifs is 1. The number of halogens is 2. The smallest absolute Gasteiger partial charge is 0.333 e. The van der Waals surface area contributed by atoms with E-state index in [1.807, 2.05) is 10.3 Å². The highest BCUT2D eigenvalue weighted by molar-refractivity contribution is 7.87. The highest BCUT2D eigenvalue weighted by Gasteiger charge is 2.38. The zero-order valence-electron chi connectivity index (χ0n) is 19.7. The van der Waals surface area contributed by atoms with Crippen molar-refractivity contribution >= 4 is 33.0 Å². The molecule has 2 aliphatic heterocycles. The number of terminal acetylenes is 1. The zero-order chi connectivity index (χ0) is 26.1. The summed E-state index contributed by atoms with van der Waals surface area (Å²) in [5, 5.41) is 16.8. The van der Waals surface area contributed by atoms with Crippen molar-refractivity contribution in [1.29, 1.82) is 0 Å². The molecule has 36 heavy (non-hydrogen) atoms. The van der Waals surface area contributed by atoms with Gasteiger partial charge in [0.15, 0.2) is 10.8 Å². The van der Waals surface area contributed by atoms with Crippen LogP contribution in [0.25, 0.3) is 5.57 Å². The third kappa shape index (κ3) is 5.65. The quantitative estimate of drug-likeness (QED) is 0.397. The van der Waals surface area contributed by atoms with Gasteiger partial charge in [-0.25, -0.2) is 9.67 Å². The Kier molecular flexibility index (Phi) is 7.58. The molecule has 14 heteroatoms. The second-order valence-corrected chi connectivity index (χ2v) is 11.1. The van der Waals surface area contributed by atoms with Gasteiger partial charge < -0.3 is 10.0 Å². The lowest BCUT2D eigenvalue weighted by Crippen LogP contribution is -2.48. The lowest BCUT2D eigenvalue weighted by molar-refractivity contribution is 0.0564. The topological polar surface area (TPSA) is 125 Å². The first-order valence-electron chi connectivity index (χ1n) is 11.3. The predicted octanol–water partition coefficient (Wildman–Crippen LogP) is 1.96. The molecule has 3 atom stereocenters. The normalized spacial score (nSPS) is 20.8. The van der Waals surface area contributed by atoms with E-state index in [0.717, 1.165) is 5.70 Å². The molecule has 1 saturated heterocycles. The van der Waals surface area contributed by atoms with Crippen LogP contribution in [0.4, 0.5) is 8.78 Å². The summed E-state index contributed by atoms with van der Waals surface area (Å²) in [4.78, 5) is 10.8. The fraction of sp³-hybridized carbons (Fsp3) is 0.500. The standard InChI is InChI=1S/C22H27F2N7O3S2/c1-4-22(32,5-2)11-14(3)28-36(33,34)29-15-10-18-16(17-6-8-31(27-17)21(23)24)12-26-19(30(18)13-15)20-25-7-9-35-20/h1,6-9,14-15,21,28-29,32H,5,10-13H2,2-3H3/t14?,15-,22?/m0/s1. The van der Waals surface area contributed by atoms with Crippen LogP contribution in [0.5, 0.6) is 0 Å². The number of rotatable bonds is 10. The maximum atomic E-state index is 13.1. The number of aromatic nitrogens is 3. The molecule has 1 fully saturated rings. The molecule has 0 aromatic carbocycles. The minimum absolute atomic E-state index is 0.0562. The summed E-state index contributed by atoms with van der Waals surface area (Å²) in [6.07, 6.45) is 8.90. The second-order valence-electron chi connectivity index (χ2n) is 8.75. The number of hydrogen-bond acceptors (Lipinski definition) is 8. The Balaban J connectivity index is 1.55. The molecule has 0 radical (unpaired) electrons. The summed E-state index contributed by atoms with van der Waals surface area (Å²) in [5.41, 5.74) is 0.361. The first kappa shape index (κ1) is 26.4. The van der Waals surface area contributed by atoms with Gasteiger partial charge in [0.2, 0.25) is 0 Å². The van der Waals surface area contributed by atoms with E-state index < -0.39 is 34.4 Å². The van der Waals surface area contributed by atoms with Crippen molar-refractivity contribution in [3.63, 3.8) is 0 Å². The highest BCUT2D eigenvalue weighted by atomic mass is 32.2. The molecular formula is C22H27F2N7O3S2. The van der Waals surface area contributed by atoms with Crippen molar-refractivity contribution in [3.8, 4) is 12.3 Å². The van der Waals surface area contributed by atoms with Crippen LogP contribution in [0.15, 0.2) is 34.5 Å². The summed E-state index contributed by atoms with van der Waals surface area (Å²) < 4.78 is 57.7. The summed E-state index contributed by atoms with van der Waals surface area (Å²) in [6.45, 7) is 1.06. The van der Waals surface area contributed by atoms with Gasteiger partial charge in [0, 0.05) is 60.5 Å². The fourth-order valence-corrected chi connectivity index (χ4v) is 6.30. The number of amidine groups is 1. The number of aliphatic imine (C=N–C) groups is 1. The van der Waals surface area contributed by atoms with Crippen molar-refractivity contribution < 1.29 is 22.3 Å². The summed E-state index contributed by atoms with van der Waals surface area (Å²) >= 11 is 1.40. The van der Waals surface area contributed by atoms with Crippen LogP contribution in [0.2, 0.25) is 0 Å². The minimum Gasteiger partial charge on any atom is -0.378 e. The Hall–Kier alpha value is -2.70. The van der Waals surface area contributed by atoms with E-state index in [4.69, 9.17) is 6.42 Å². The van der Waals surface area contributed by atoms with Gasteiger partial charge in [0.1, 0.15) is 5.60 Å². The summed E-state index contributed by atoms with van der Waals surface area (Å²) in [6, 6.07) is 0.350. The van der Waals surface area contributed by atoms with Crippen LogP contribution in [0.3, 0.4) is 0 Å². The largest absolute Gasteiger partial charge is 0.378 e. The Labute approximate surface area is 212 Å². The predicted molar refractivity (Wildman–Crippen MR) is 132 cm³/mol. The van der Waals surface area contributed by atoms with Crippen LogP contribution in [0, 0.1) is 12.3 Å². The summed E-state index contributed by atoms with van der Waals surface area (Å²) in [7, 11) is -3.96. The van der Waals surface area contributed by atoms with E-state index in [2.05, 4.69) is 30.4 Å². The Morgan fingerprint density at radius 2 is 2.22 bits per heavy atom. The number of aliphatic hydroxyl groups is 1. The third-order valence-corrected chi connectivity index (χ3v) is 8.20. The minimum atomic E-state index is -3.96. The SMILES string of the molecule is C#CC(O)(CC)CC(C)NS(=O)(=O)N[C@H]1CC2=C(c3ccn(C(F)F)n3)CN=C(c3nccs3)N2C1. The molecule has 0 aliphatic carbocycles. The molecule has 0 spiro atoms. The molecule has 0 amide bonds. The van der Waals surface area contributed by atoms with Crippen molar-refractivity contribution in [2.45, 2.75) is 57.3 Å². The van der Waals surface area contributed by atoms with Crippen molar-refractivity contribution in [2.24, 2.45) is 4.99 Å². The number of hydrogen-bond donors (Lipinski definition) is 3. The molecule has 2 unspecified atom stereocenters. The van der Waals surface area contributed by atoms with Crippen molar-refractivity contribution in [2.75, 3.05) is 13.1 Å². The van der Waals surface area contributed by atoms with Gasteiger partial charge in [0.25, 0.3) is 10.2 Å². The molecule has 0 bridgehead atoms. The van der Waals surface area contributed by atoms with Crippen LogP contribution in [0.1, 0.15) is 50.4 Å². The Bertz CT molecular complexity index is 1300. The van der Waals surface area contributed by atoms with Crippen molar-refractivity contribution in [3.05, 3.63) is 40.2 Å². The maximum absolute atomic E-state index is 13.1. The van der Waals surface area contributed by atoms with Crippen LogP contribution in [-0.4, -0.2) is 69.8 Å². The van der Waals surface area contributed by atoms with Gasteiger partial charge in [-0.3, -0.25) is 4.99 Å².